The average molecular weight is 462 g/mol. The van der Waals surface area contributed by atoms with Crippen LogP contribution in [0.1, 0.15) is 93.5 Å². The van der Waals surface area contributed by atoms with E-state index in [-0.39, 0.29) is 17.2 Å². The second-order valence-electron chi connectivity index (χ2n) is 8.66. The molecule has 5 heteroatoms. The van der Waals surface area contributed by atoms with Gasteiger partial charge in [-0.3, -0.25) is 4.79 Å². The SMILES string of the molecule is CCCCCCCCCCCCOCCCNC(=O)c1cc(Cl)c2c(C)cccc2c1O. The molecule has 2 rings (SSSR count). The maximum absolute atomic E-state index is 12.5. The Morgan fingerprint density at radius 1 is 0.969 bits per heavy atom. The second kappa shape index (κ2) is 15.1. The molecule has 4 nitrogen and oxygen atoms in total. The number of carbonyl (C=O) groups excluding carboxylic acids is 1. The summed E-state index contributed by atoms with van der Waals surface area (Å²) in [6.45, 7) is 6.10. The van der Waals surface area contributed by atoms with Crippen LogP contribution in [0.3, 0.4) is 0 Å². The number of phenolic OH excluding ortho intramolecular Hbond substituents is 1. The molecule has 0 unspecified atom stereocenters. The Bertz CT molecular complexity index is 837. The van der Waals surface area contributed by atoms with Crippen molar-refractivity contribution >= 4 is 28.3 Å². The van der Waals surface area contributed by atoms with Crippen LogP contribution in [-0.2, 0) is 4.74 Å². The van der Waals surface area contributed by atoms with Gasteiger partial charge in [-0.15, -0.1) is 0 Å². The Morgan fingerprint density at radius 2 is 1.59 bits per heavy atom. The largest absolute Gasteiger partial charge is 0.506 e. The summed E-state index contributed by atoms with van der Waals surface area (Å²) in [4.78, 5) is 12.5. The first-order valence-corrected chi connectivity index (χ1v) is 12.7. The van der Waals surface area contributed by atoms with Crippen LogP contribution in [0.15, 0.2) is 24.3 Å². The zero-order valence-electron chi connectivity index (χ0n) is 19.9. The van der Waals surface area contributed by atoms with E-state index < -0.39 is 0 Å². The quantitative estimate of drug-likeness (QED) is 0.253. The lowest BCUT2D eigenvalue weighted by molar-refractivity contribution is 0.0937. The summed E-state index contributed by atoms with van der Waals surface area (Å²) >= 11 is 6.37. The van der Waals surface area contributed by atoms with E-state index in [2.05, 4.69) is 12.2 Å². The number of benzene rings is 2. The maximum atomic E-state index is 12.5. The van der Waals surface area contributed by atoms with Gasteiger partial charge in [-0.25, -0.2) is 0 Å². The smallest absolute Gasteiger partial charge is 0.255 e. The standard InChI is InChI=1S/C27H40ClNO3/c1-3-4-5-6-7-8-9-10-11-12-18-32-19-14-17-29-27(31)23-20-24(28)25-21(2)15-13-16-22(25)26(23)30/h13,15-16,20,30H,3-12,14,17-19H2,1-2H3,(H,29,31). The molecule has 0 saturated carbocycles. The van der Waals surface area contributed by atoms with Gasteiger partial charge in [0.15, 0.2) is 0 Å². The monoisotopic (exact) mass is 461 g/mol. The number of hydrogen-bond donors (Lipinski definition) is 2. The molecule has 1 amide bonds. The first-order valence-electron chi connectivity index (χ1n) is 12.3. The van der Waals surface area contributed by atoms with Crippen LogP contribution in [-0.4, -0.2) is 30.8 Å². The molecule has 0 atom stereocenters. The molecule has 0 aromatic heterocycles. The van der Waals surface area contributed by atoms with E-state index in [0.29, 0.717) is 23.6 Å². The Hall–Kier alpha value is -1.78. The number of aromatic hydroxyl groups is 1. The predicted octanol–water partition coefficient (Wildman–Crippen LogP) is 7.56. The first kappa shape index (κ1) is 26.5. The van der Waals surface area contributed by atoms with Crippen molar-refractivity contribution in [2.75, 3.05) is 19.8 Å². The predicted molar refractivity (Wildman–Crippen MR) is 135 cm³/mol. The third-order valence-corrected chi connectivity index (χ3v) is 6.23. The van der Waals surface area contributed by atoms with E-state index >= 15 is 0 Å². The zero-order chi connectivity index (χ0) is 23.2. The maximum Gasteiger partial charge on any atom is 0.255 e. The minimum atomic E-state index is -0.317. The molecular weight excluding hydrogens is 422 g/mol. The molecule has 0 aliphatic carbocycles. The number of unbranched alkanes of at least 4 members (excludes halogenated alkanes) is 9. The molecule has 0 bridgehead atoms. The Morgan fingerprint density at radius 3 is 2.28 bits per heavy atom. The topological polar surface area (TPSA) is 58.6 Å². The third-order valence-electron chi connectivity index (χ3n) is 5.93. The molecule has 2 aromatic carbocycles. The van der Waals surface area contributed by atoms with Gasteiger partial charge in [0, 0.05) is 35.6 Å². The number of aryl methyl sites for hydroxylation is 1. The van der Waals surface area contributed by atoms with Crippen molar-refractivity contribution in [3.63, 3.8) is 0 Å². The summed E-state index contributed by atoms with van der Waals surface area (Å²) in [7, 11) is 0. The van der Waals surface area contributed by atoms with Crippen LogP contribution in [0, 0.1) is 6.92 Å². The van der Waals surface area contributed by atoms with Crippen molar-refractivity contribution in [3.8, 4) is 5.75 Å². The van der Waals surface area contributed by atoms with Crippen LogP contribution >= 0.6 is 11.6 Å². The number of phenols is 1. The van der Waals surface area contributed by atoms with Crippen molar-refractivity contribution in [3.05, 3.63) is 40.4 Å². The summed E-state index contributed by atoms with van der Waals surface area (Å²) in [6, 6.07) is 7.11. The Labute approximate surface area is 198 Å². The Kier molecular flexibility index (Phi) is 12.5. The molecule has 0 aliphatic rings. The van der Waals surface area contributed by atoms with E-state index in [1.54, 1.807) is 12.1 Å². The first-order chi connectivity index (χ1) is 15.6. The summed E-state index contributed by atoms with van der Waals surface area (Å²) in [5.74, 6) is -0.342. The van der Waals surface area contributed by atoms with Crippen molar-refractivity contribution < 1.29 is 14.6 Å². The summed E-state index contributed by atoms with van der Waals surface area (Å²) in [6.07, 6.45) is 13.9. The highest BCUT2D eigenvalue weighted by Gasteiger charge is 2.17. The molecule has 0 spiro atoms. The van der Waals surface area contributed by atoms with E-state index in [0.717, 1.165) is 30.4 Å². The number of nitrogens with one attached hydrogen (secondary N) is 1. The number of fused-ring (bicyclic) bond motifs is 1. The molecule has 0 saturated heterocycles. The summed E-state index contributed by atoms with van der Waals surface area (Å²) in [5, 5.41) is 15.3. The van der Waals surface area contributed by atoms with Gasteiger partial charge < -0.3 is 15.2 Å². The molecular formula is C27H40ClNO3. The number of hydrogen-bond acceptors (Lipinski definition) is 3. The van der Waals surface area contributed by atoms with E-state index in [9.17, 15) is 9.90 Å². The van der Waals surface area contributed by atoms with E-state index in [4.69, 9.17) is 16.3 Å². The van der Waals surface area contributed by atoms with Gasteiger partial charge >= 0.3 is 0 Å². The van der Waals surface area contributed by atoms with Gasteiger partial charge in [-0.2, -0.15) is 0 Å². The molecule has 0 fully saturated rings. The van der Waals surface area contributed by atoms with Crippen molar-refractivity contribution in [2.24, 2.45) is 0 Å². The zero-order valence-corrected chi connectivity index (χ0v) is 20.6. The van der Waals surface area contributed by atoms with Crippen molar-refractivity contribution in [1.29, 1.82) is 0 Å². The molecule has 0 radical (unpaired) electrons. The lowest BCUT2D eigenvalue weighted by Crippen LogP contribution is -2.25. The number of halogens is 1. The minimum Gasteiger partial charge on any atom is -0.506 e. The molecule has 2 N–H and O–H groups in total. The highest BCUT2D eigenvalue weighted by molar-refractivity contribution is 6.36. The summed E-state index contributed by atoms with van der Waals surface area (Å²) in [5.41, 5.74) is 1.17. The molecule has 32 heavy (non-hydrogen) atoms. The molecule has 0 heterocycles. The fourth-order valence-corrected chi connectivity index (χ4v) is 4.39. The number of ether oxygens (including phenoxy) is 1. The number of amides is 1. The van der Waals surface area contributed by atoms with Crippen molar-refractivity contribution in [2.45, 2.75) is 84.5 Å². The normalized spacial score (nSPS) is 11.2. The fraction of sp³-hybridized carbons (Fsp3) is 0.593. The molecule has 0 aliphatic heterocycles. The minimum absolute atomic E-state index is 0.0252. The van der Waals surface area contributed by atoms with E-state index in [1.165, 1.54) is 57.8 Å². The lowest BCUT2D eigenvalue weighted by atomic mass is 10.0. The fourth-order valence-electron chi connectivity index (χ4n) is 4.03. The van der Waals surface area contributed by atoms with Gasteiger partial charge in [0.2, 0.25) is 0 Å². The van der Waals surface area contributed by atoms with Gasteiger partial charge in [0.25, 0.3) is 5.91 Å². The van der Waals surface area contributed by atoms with Gasteiger partial charge in [-0.1, -0.05) is 94.5 Å². The van der Waals surface area contributed by atoms with Crippen LogP contribution in [0.5, 0.6) is 5.75 Å². The van der Waals surface area contributed by atoms with Gasteiger partial charge in [-0.05, 0) is 31.4 Å². The number of carbonyl (C=O) groups is 1. The van der Waals surface area contributed by atoms with Gasteiger partial charge in [0.05, 0.1) is 5.56 Å². The van der Waals surface area contributed by atoms with Crippen molar-refractivity contribution in [1.82, 2.24) is 5.32 Å². The molecule has 2 aromatic rings. The average Bonchev–Trinajstić information content (AvgIpc) is 2.78. The lowest BCUT2D eigenvalue weighted by Gasteiger charge is -2.12. The molecule has 178 valence electrons. The highest BCUT2D eigenvalue weighted by Crippen LogP contribution is 2.36. The highest BCUT2D eigenvalue weighted by atomic mass is 35.5. The third kappa shape index (κ3) is 8.63. The van der Waals surface area contributed by atoms with Crippen LogP contribution in [0.2, 0.25) is 5.02 Å². The van der Waals surface area contributed by atoms with Gasteiger partial charge in [0.1, 0.15) is 5.75 Å². The summed E-state index contributed by atoms with van der Waals surface area (Å²) < 4.78 is 5.69. The van der Waals surface area contributed by atoms with Crippen LogP contribution in [0.4, 0.5) is 0 Å². The van der Waals surface area contributed by atoms with Crippen LogP contribution < -0.4 is 5.32 Å². The Balaban J connectivity index is 1.56. The van der Waals surface area contributed by atoms with Crippen LogP contribution in [0.25, 0.3) is 10.8 Å². The second-order valence-corrected chi connectivity index (χ2v) is 9.06. The van der Waals surface area contributed by atoms with E-state index in [1.807, 2.05) is 19.1 Å². The number of rotatable bonds is 16.